The molecule has 1 aromatic rings. The van der Waals surface area contributed by atoms with Gasteiger partial charge in [-0.05, 0) is 64.9 Å². The fraction of sp³-hybridized carbons (Fsp3) is 0.647. The van der Waals surface area contributed by atoms with Gasteiger partial charge in [-0.15, -0.1) is 24.8 Å². The number of phenols is 1. The fourth-order valence-corrected chi connectivity index (χ4v) is 2.96. The average Bonchev–Trinajstić information content (AvgIpc) is 2.48. The van der Waals surface area contributed by atoms with E-state index in [4.69, 9.17) is 4.74 Å². The zero-order valence-electron chi connectivity index (χ0n) is 14.3. The molecule has 1 N–H and O–H groups in total. The lowest BCUT2D eigenvalue weighted by Gasteiger charge is -2.35. The van der Waals surface area contributed by atoms with E-state index in [9.17, 15) is 5.11 Å². The van der Waals surface area contributed by atoms with Crippen LogP contribution in [0.5, 0.6) is 11.5 Å². The Balaban J connectivity index is 0.00000242. The van der Waals surface area contributed by atoms with E-state index >= 15 is 0 Å². The maximum Gasteiger partial charge on any atom is 0.184 e. The second-order valence-corrected chi connectivity index (χ2v) is 6.08. The number of aromatic hydroxyl groups is 1. The van der Waals surface area contributed by atoms with E-state index < -0.39 is 0 Å². The van der Waals surface area contributed by atoms with Crippen LogP contribution in [0.15, 0.2) is 18.2 Å². The Bertz CT molecular complexity index is 450. The van der Waals surface area contributed by atoms with E-state index in [2.05, 4.69) is 23.9 Å². The topological polar surface area (TPSA) is 35.9 Å². The minimum atomic E-state index is 0. The predicted octanol–water partition coefficient (Wildman–Crippen LogP) is 3.80. The summed E-state index contributed by atoms with van der Waals surface area (Å²) in [6.45, 7) is 5.78. The Hall–Kier alpha value is -0.840. The van der Waals surface area contributed by atoms with Crippen LogP contribution < -0.4 is 9.64 Å². The summed E-state index contributed by atoms with van der Waals surface area (Å²) in [6.07, 6.45) is 3.71. The molecule has 23 heavy (non-hydrogen) atoms. The van der Waals surface area contributed by atoms with Crippen molar-refractivity contribution < 1.29 is 9.84 Å². The summed E-state index contributed by atoms with van der Waals surface area (Å²) in [5.41, 5.74) is 1.03. The van der Waals surface area contributed by atoms with Crippen molar-refractivity contribution in [3.05, 3.63) is 18.2 Å². The SMILES string of the molecule is CCOc1c(O)cccc1N1CCC(CCN(C)C)CC1.Cl.Cl. The lowest BCUT2D eigenvalue weighted by molar-refractivity contribution is 0.305. The van der Waals surface area contributed by atoms with Gasteiger partial charge in [-0.25, -0.2) is 0 Å². The molecule has 4 nitrogen and oxygen atoms in total. The van der Waals surface area contributed by atoms with E-state index in [1.54, 1.807) is 6.07 Å². The van der Waals surface area contributed by atoms with Gasteiger partial charge in [-0.2, -0.15) is 0 Å². The van der Waals surface area contributed by atoms with Crippen molar-refractivity contribution in [2.45, 2.75) is 26.2 Å². The van der Waals surface area contributed by atoms with E-state index in [0.29, 0.717) is 12.4 Å². The molecule has 0 amide bonds. The number of benzene rings is 1. The van der Waals surface area contributed by atoms with Gasteiger partial charge in [0, 0.05) is 13.1 Å². The molecule has 0 aliphatic carbocycles. The quantitative estimate of drug-likeness (QED) is 0.832. The van der Waals surface area contributed by atoms with Crippen molar-refractivity contribution in [2.24, 2.45) is 5.92 Å². The molecule has 1 fully saturated rings. The molecule has 0 atom stereocenters. The maximum atomic E-state index is 9.99. The van der Waals surface area contributed by atoms with E-state index in [1.165, 1.54) is 25.8 Å². The van der Waals surface area contributed by atoms with E-state index in [0.717, 1.165) is 24.7 Å². The number of anilines is 1. The summed E-state index contributed by atoms with van der Waals surface area (Å²) in [4.78, 5) is 4.60. The number of piperidine rings is 1. The van der Waals surface area contributed by atoms with Gasteiger partial charge < -0.3 is 19.6 Å². The zero-order valence-corrected chi connectivity index (χ0v) is 16.0. The predicted molar refractivity (Wildman–Crippen MR) is 102 cm³/mol. The van der Waals surface area contributed by atoms with Crippen LogP contribution in [-0.4, -0.2) is 50.3 Å². The highest BCUT2D eigenvalue weighted by Gasteiger charge is 2.22. The summed E-state index contributed by atoms with van der Waals surface area (Å²) in [6, 6.07) is 5.63. The highest BCUT2D eigenvalue weighted by Crippen LogP contribution is 2.38. The first-order valence-corrected chi connectivity index (χ1v) is 7.96. The van der Waals surface area contributed by atoms with Gasteiger partial charge in [0.05, 0.1) is 12.3 Å². The summed E-state index contributed by atoms with van der Waals surface area (Å²) in [5, 5.41) is 9.99. The van der Waals surface area contributed by atoms with Crippen LogP contribution in [0, 0.1) is 5.92 Å². The molecular weight excluding hydrogens is 335 g/mol. The lowest BCUT2D eigenvalue weighted by Crippen LogP contribution is -2.34. The van der Waals surface area contributed by atoms with Crippen molar-refractivity contribution in [2.75, 3.05) is 45.2 Å². The molecule has 0 unspecified atom stereocenters. The number of ether oxygens (including phenoxy) is 1. The summed E-state index contributed by atoms with van der Waals surface area (Å²) < 4.78 is 5.63. The Morgan fingerprint density at radius 3 is 2.43 bits per heavy atom. The van der Waals surface area contributed by atoms with Gasteiger partial charge in [0.15, 0.2) is 11.5 Å². The number of hydrogen-bond acceptors (Lipinski definition) is 4. The molecule has 1 heterocycles. The van der Waals surface area contributed by atoms with Crippen LogP contribution in [0.2, 0.25) is 0 Å². The third-order valence-electron chi connectivity index (χ3n) is 4.20. The van der Waals surface area contributed by atoms with Crippen LogP contribution in [-0.2, 0) is 0 Å². The Kier molecular flexibility index (Phi) is 10.4. The molecule has 0 spiro atoms. The van der Waals surface area contributed by atoms with Crippen molar-refractivity contribution in [1.82, 2.24) is 4.90 Å². The second kappa shape index (κ2) is 10.8. The van der Waals surface area contributed by atoms with Crippen LogP contribution in [0.3, 0.4) is 0 Å². The minimum Gasteiger partial charge on any atom is -0.504 e. The molecule has 0 radical (unpaired) electrons. The fourth-order valence-electron chi connectivity index (χ4n) is 2.96. The maximum absolute atomic E-state index is 9.99. The number of nitrogens with zero attached hydrogens (tertiary/aromatic N) is 2. The molecule has 0 bridgehead atoms. The molecule has 1 aromatic carbocycles. The van der Waals surface area contributed by atoms with Gasteiger partial charge in [-0.1, -0.05) is 6.07 Å². The zero-order chi connectivity index (χ0) is 15.2. The summed E-state index contributed by atoms with van der Waals surface area (Å²) in [7, 11) is 4.27. The molecule has 1 saturated heterocycles. The van der Waals surface area contributed by atoms with E-state index in [1.807, 2.05) is 19.1 Å². The highest BCUT2D eigenvalue weighted by molar-refractivity contribution is 5.85. The normalized spacial score (nSPS) is 15.0. The molecule has 0 saturated carbocycles. The Labute approximate surface area is 152 Å². The van der Waals surface area contributed by atoms with Crippen molar-refractivity contribution in [1.29, 1.82) is 0 Å². The smallest absolute Gasteiger partial charge is 0.184 e. The molecular formula is C17H30Cl2N2O2. The van der Waals surface area contributed by atoms with Crippen molar-refractivity contribution in [3.8, 4) is 11.5 Å². The third-order valence-corrected chi connectivity index (χ3v) is 4.20. The standard InChI is InChI=1S/C17H28N2O2.2ClH/c1-4-21-17-15(6-5-7-16(17)20)19-12-9-14(10-13-19)8-11-18(2)3;;/h5-7,14,20H,4,8-13H2,1-3H3;2*1H. The van der Waals surface area contributed by atoms with Crippen LogP contribution in [0.1, 0.15) is 26.2 Å². The average molecular weight is 365 g/mol. The van der Waals surface area contributed by atoms with Gasteiger partial charge in [0.1, 0.15) is 0 Å². The molecule has 0 aromatic heterocycles. The summed E-state index contributed by atoms with van der Waals surface area (Å²) in [5.74, 6) is 1.69. The molecule has 134 valence electrons. The van der Waals surface area contributed by atoms with Gasteiger partial charge in [-0.3, -0.25) is 0 Å². The van der Waals surface area contributed by atoms with Crippen LogP contribution in [0.25, 0.3) is 0 Å². The number of halogens is 2. The first-order chi connectivity index (χ1) is 10.1. The molecule has 1 aliphatic rings. The minimum absolute atomic E-state index is 0. The highest BCUT2D eigenvalue weighted by atomic mass is 35.5. The van der Waals surface area contributed by atoms with Crippen molar-refractivity contribution >= 4 is 30.5 Å². The number of phenolic OH excluding ortho intramolecular Hbond substituents is 1. The van der Waals surface area contributed by atoms with Crippen LogP contribution in [0.4, 0.5) is 5.69 Å². The monoisotopic (exact) mass is 364 g/mol. The van der Waals surface area contributed by atoms with Gasteiger partial charge in [0.2, 0.25) is 0 Å². The second-order valence-electron chi connectivity index (χ2n) is 6.08. The molecule has 6 heteroatoms. The van der Waals surface area contributed by atoms with E-state index in [-0.39, 0.29) is 30.6 Å². The number of rotatable bonds is 6. The Morgan fingerprint density at radius 1 is 1.22 bits per heavy atom. The van der Waals surface area contributed by atoms with Gasteiger partial charge >= 0.3 is 0 Å². The number of para-hydroxylation sites is 1. The third kappa shape index (κ3) is 6.28. The Morgan fingerprint density at radius 2 is 1.87 bits per heavy atom. The van der Waals surface area contributed by atoms with Gasteiger partial charge in [0.25, 0.3) is 0 Å². The summed E-state index contributed by atoms with van der Waals surface area (Å²) >= 11 is 0. The largest absolute Gasteiger partial charge is 0.504 e. The van der Waals surface area contributed by atoms with Crippen LogP contribution >= 0.6 is 24.8 Å². The first-order valence-electron chi connectivity index (χ1n) is 7.96. The lowest BCUT2D eigenvalue weighted by atomic mass is 9.93. The first kappa shape index (κ1) is 22.2. The number of hydrogen-bond donors (Lipinski definition) is 1. The van der Waals surface area contributed by atoms with Crippen molar-refractivity contribution in [3.63, 3.8) is 0 Å². The molecule has 1 aliphatic heterocycles. The molecule has 2 rings (SSSR count).